The van der Waals surface area contributed by atoms with Crippen LogP contribution in [0.5, 0.6) is 0 Å². The monoisotopic (exact) mass is 436 g/mol. The highest BCUT2D eigenvalue weighted by Crippen LogP contribution is 2.40. The number of hydrogen-bond donors (Lipinski definition) is 0. The molecule has 1 atom stereocenters. The molecule has 0 radical (unpaired) electrons. The highest BCUT2D eigenvalue weighted by atomic mass is 79.9. The highest BCUT2D eigenvalue weighted by Gasteiger charge is 2.33. The van der Waals surface area contributed by atoms with Crippen LogP contribution in [0.4, 0.5) is 5.82 Å². The van der Waals surface area contributed by atoms with Crippen molar-refractivity contribution in [3.8, 4) is 0 Å². The Balaban J connectivity index is 1.77. The summed E-state index contributed by atoms with van der Waals surface area (Å²) >= 11 is 10.3. The normalized spacial score (nSPS) is 17.8. The third-order valence-electron chi connectivity index (χ3n) is 4.87. The first kappa shape index (κ1) is 17.8. The van der Waals surface area contributed by atoms with Crippen LogP contribution >= 0.6 is 27.5 Å². The molecule has 0 spiro atoms. The molecule has 1 aliphatic heterocycles. The second-order valence-electron chi connectivity index (χ2n) is 7.25. The maximum absolute atomic E-state index is 6.76. The molecule has 8 heteroatoms. The Morgan fingerprint density at radius 1 is 1.38 bits per heavy atom. The lowest BCUT2D eigenvalue weighted by atomic mass is 10.1. The zero-order valence-electron chi connectivity index (χ0n) is 15.2. The molecule has 0 amide bonds. The molecule has 138 valence electrons. The molecule has 26 heavy (non-hydrogen) atoms. The maximum atomic E-state index is 6.76. The van der Waals surface area contributed by atoms with Crippen molar-refractivity contribution in [3.63, 3.8) is 0 Å². The summed E-state index contributed by atoms with van der Waals surface area (Å²) in [5.74, 6) is 1.54. The smallest absolute Gasteiger partial charge is 0.171 e. The van der Waals surface area contributed by atoms with Gasteiger partial charge in [-0.05, 0) is 47.7 Å². The van der Waals surface area contributed by atoms with Crippen LogP contribution < -0.4 is 4.90 Å². The van der Waals surface area contributed by atoms with Crippen molar-refractivity contribution in [2.75, 3.05) is 11.4 Å². The summed E-state index contributed by atoms with van der Waals surface area (Å²) in [6.45, 7) is 8.21. The lowest BCUT2D eigenvalue weighted by Crippen LogP contribution is -2.25. The van der Waals surface area contributed by atoms with Crippen molar-refractivity contribution in [3.05, 3.63) is 39.3 Å². The number of nitrogens with zero attached hydrogens (tertiary/aromatic N) is 6. The number of hydrogen-bond acceptors (Lipinski definition) is 4. The molecule has 1 saturated heterocycles. The van der Waals surface area contributed by atoms with Gasteiger partial charge in [-0.2, -0.15) is 14.7 Å². The minimum absolute atomic E-state index is 0.206. The largest absolute Gasteiger partial charge is 0.349 e. The van der Waals surface area contributed by atoms with Gasteiger partial charge in [0, 0.05) is 24.8 Å². The van der Waals surface area contributed by atoms with Crippen LogP contribution in [0, 0.1) is 12.8 Å². The first-order chi connectivity index (χ1) is 12.5. The van der Waals surface area contributed by atoms with E-state index in [2.05, 4.69) is 51.7 Å². The van der Waals surface area contributed by atoms with Gasteiger partial charge in [-0.3, -0.25) is 4.68 Å². The first-order valence-corrected chi connectivity index (χ1v) is 10.1. The lowest BCUT2D eigenvalue weighted by molar-refractivity contribution is 0.481. The van der Waals surface area contributed by atoms with E-state index in [1.165, 1.54) is 0 Å². The summed E-state index contributed by atoms with van der Waals surface area (Å²) in [7, 11) is 0. The highest BCUT2D eigenvalue weighted by molar-refractivity contribution is 9.10. The van der Waals surface area contributed by atoms with E-state index in [4.69, 9.17) is 16.7 Å². The molecule has 0 saturated carbocycles. The van der Waals surface area contributed by atoms with E-state index in [0.717, 1.165) is 58.3 Å². The van der Waals surface area contributed by atoms with Gasteiger partial charge in [0.05, 0.1) is 22.4 Å². The Morgan fingerprint density at radius 2 is 2.19 bits per heavy atom. The fourth-order valence-electron chi connectivity index (χ4n) is 3.82. The van der Waals surface area contributed by atoms with E-state index in [-0.39, 0.29) is 6.04 Å². The number of rotatable bonds is 4. The van der Waals surface area contributed by atoms with E-state index in [1.807, 2.05) is 21.5 Å². The predicted octanol–water partition coefficient (Wildman–Crippen LogP) is 4.65. The van der Waals surface area contributed by atoms with Crippen LogP contribution in [0.2, 0.25) is 5.15 Å². The van der Waals surface area contributed by atoms with E-state index in [9.17, 15) is 0 Å². The summed E-state index contributed by atoms with van der Waals surface area (Å²) in [5, 5.41) is 9.96. The van der Waals surface area contributed by atoms with Gasteiger partial charge in [-0.15, -0.1) is 0 Å². The van der Waals surface area contributed by atoms with E-state index in [1.54, 1.807) is 6.20 Å². The Bertz CT molecular complexity index is 947. The molecule has 3 aromatic heterocycles. The van der Waals surface area contributed by atoms with Gasteiger partial charge in [0.25, 0.3) is 0 Å². The molecule has 0 aliphatic carbocycles. The van der Waals surface area contributed by atoms with Crippen molar-refractivity contribution in [1.82, 2.24) is 24.4 Å². The number of aryl methyl sites for hydroxylation is 1. The summed E-state index contributed by atoms with van der Waals surface area (Å²) < 4.78 is 4.73. The Morgan fingerprint density at radius 3 is 2.96 bits per heavy atom. The summed E-state index contributed by atoms with van der Waals surface area (Å²) in [5.41, 5.74) is 2.98. The minimum atomic E-state index is 0.206. The fraction of sp³-hybridized carbons (Fsp3) is 0.500. The quantitative estimate of drug-likeness (QED) is 0.596. The molecular formula is C18H22BrClN6. The zero-order chi connectivity index (χ0) is 18.4. The van der Waals surface area contributed by atoms with E-state index >= 15 is 0 Å². The molecule has 0 aromatic carbocycles. The summed E-state index contributed by atoms with van der Waals surface area (Å²) in [6.07, 6.45) is 5.79. The van der Waals surface area contributed by atoms with Gasteiger partial charge < -0.3 is 4.90 Å². The molecule has 4 heterocycles. The third kappa shape index (κ3) is 2.91. The molecule has 1 fully saturated rings. The fourth-order valence-corrected chi connectivity index (χ4v) is 4.55. The SMILES string of the molecule is Cc1nn(CC(C)C)c(Cl)c1C1CCCN1c1ccnc2c(Br)cnn12. The van der Waals surface area contributed by atoms with Crippen molar-refractivity contribution < 1.29 is 0 Å². The number of halogens is 2. The second kappa shape index (κ2) is 6.85. The number of aromatic nitrogens is 5. The Hall–Kier alpha value is -1.60. The average Bonchev–Trinajstić information content (AvgIpc) is 3.27. The van der Waals surface area contributed by atoms with Gasteiger partial charge in [0.2, 0.25) is 0 Å². The van der Waals surface area contributed by atoms with Crippen molar-refractivity contribution in [2.45, 2.75) is 46.2 Å². The standard InChI is InChI=1S/C18H22BrClN6/c1-11(2)10-25-17(20)16(12(3)23-25)14-5-4-8-24(14)15-6-7-21-18-13(19)9-22-26(15)18/h6-7,9,11,14H,4-5,8,10H2,1-3H3. The van der Waals surface area contributed by atoms with E-state index < -0.39 is 0 Å². The van der Waals surface area contributed by atoms with Crippen LogP contribution in [0.25, 0.3) is 5.65 Å². The molecule has 3 aromatic rings. The van der Waals surface area contributed by atoms with Gasteiger partial charge in [0.15, 0.2) is 5.65 Å². The molecule has 1 unspecified atom stereocenters. The van der Waals surface area contributed by atoms with Gasteiger partial charge in [0.1, 0.15) is 11.0 Å². The van der Waals surface area contributed by atoms with Crippen LogP contribution in [0.3, 0.4) is 0 Å². The minimum Gasteiger partial charge on any atom is -0.349 e. The Kier molecular flexibility index (Phi) is 4.69. The van der Waals surface area contributed by atoms with Crippen LogP contribution in [0.1, 0.15) is 44.0 Å². The molecular weight excluding hydrogens is 416 g/mol. The topological polar surface area (TPSA) is 51.2 Å². The van der Waals surface area contributed by atoms with Gasteiger partial charge in [-0.1, -0.05) is 25.4 Å². The first-order valence-electron chi connectivity index (χ1n) is 8.95. The third-order valence-corrected chi connectivity index (χ3v) is 5.82. The van der Waals surface area contributed by atoms with Crippen molar-refractivity contribution in [2.24, 2.45) is 5.92 Å². The maximum Gasteiger partial charge on any atom is 0.171 e. The van der Waals surface area contributed by atoms with Gasteiger partial charge in [-0.25, -0.2) is 4.98 Å². The zero-order valence-corrected chi connectivity index (χ0v) is 17.5. The molecule has 6 nitrogen and oxygen atoms in total. The summed E-state index contributed by atoms with van der Waals surface area (Å²) in [6, 6.07) is 2.23. The Labute approximate surface area is 166 Å². The molecule has 1 aliphatic rings. The molecule has 4 rings (SSSR count). The van der Waals surface area contributed by atoms with Crippen molar-refractivity contribution >= 4 is 39.0 Å². The van der Waals surface area contributed by atoms with Crippen LogP contribution in [0.15, 0.2) is 22.9 Å². The number of fused-ring (bicyclic) bond motifs is 1. The van der Waals surface area contributed by atoms with Crippen LogP contribution in [-0.4, -0.2) is 30.9 Å². The second-order valence-corrected chi connectivity index (χ2v) is 8.46. The molecule has 0 bridgehead atoms. The van der Waals surface area contributed by atoms with Crippen LogP contribution in [-0.2, 0) is 6.54 Å². The van der Waals surface area contributed by atoms with E-state index in [0.29, 0.717) is 5.92 Å². The molecule has 0 N–H and O–H groups in total. The number of anilines is 1. The average molecular weight is 438 g/mol. The lowest BCUT2D eigenvalue weighted by Gasteiger charge is -2.27. The summed E-state index contributed by atoms with van der Waals surface area (Å²) in [4.78, 5) is 6.81. The predicted molar refractivity (Wildman–Crippen MR) is 107 cm³/mol. The van der Waals surface area contributed by atoms with Crippen molar-refractivity contribution in [1.29, 1.82) is 0 Å². The van der Waals surface area contributed by atoms with Gasteiger partial charge >= 0.3 is 0 Å².